The minimum absolute atomic E-state index is 0.243. The van der Waals surface area contributed by atoms with Crippen LogP contribution in [0.4, 0.5) is 0 Å². The third kappa shape index (κ3) is 5.92. The summed E-state index contributed by atoms with van der Waals surface area (Å²) in [5.41, 5.74) is 1.07. The monoisotopic (exact) mass is 390 g/mol. The van der Waals surface area contributed by atoms with Crippen molar-refractivity contribution in [1.82, 2.24) is 20.0 Å². The molecule has 1 fully saturated rings. The number of benzene rings is 1. The largest absolute Gasteiger partial charge is 0.493 e. The van der Waals surface area contributed by atoms with Crippen molar-refractivity contribution in [2.75, 3.05) is 40.4 Å². The van der Waals surface area contributed by atoms with Crippen LogP contribution in [0.3, 0.4) is 0 Å². The molecule has 0 radical (unpaired) electrons. The summed E-state index contributed by atoms with van der Waals surface area (Å²) in [6.07, 6.45) is 1.90. The molecule has 0 spiro atoms. The third-order valence-corrected chi connectivity index (χ3v) is 4.75. The molecule has 2 heterocycles. The molecule has 154 valence electrons. The molecule has 28 heavy (non-hydrogen) atoms. The lowest BCUT2D eigenvalue weighted by molar-refractivity contribution is 0.0746. The molecule has 1 atom stereocenters. The van der Waals surface area contributed by atoms with Gasteiger partial charge in [-0.2, -0.15) is 0 Å². The van der Waals surface area contributed by atoms with Crippen molar-refractivity contribution in [3.63, 3.8) is 0 Å². The highest BCUT2D eigenvalue weighted by molar-refractivity contribution is 5.43. The van der Waals surface area contributed by atoms with Gasteiger partial charge in [-0.05, 0) is 50.7 Å². The molecule has 1 aromatic heterocycles. The number of aliphatic hydroxyl groups excluding tert-OH is 1. The highest BCUT2D eigenvalue weighted by Gasteiger charge is 2.17. The number of nitrogens with zero attached hydrogens (tertiary/aromatic N) is 4. The van der Waals surface area contributed by atoms with E-state index in [-0.39, 0.29) is 6.61 Å². The van der Waals surface area contributed by atoms with E-state index in [2.05, 4.69) is 20.0 Å². The second-order valence-corrected chi connectivity index (χ2v) is 7.34. The van der Waals surface area contributed by atoms with Crippen LogP contribution >= 0.6 is 0 Å². The molecule has 3 rings (SSSR count). The predicted molar refractivity (Wildman–Crippen MR) is 104 cm³/mol. The van der Waals surface area contributed by atoms with E-state index in [0.717, 1.165) is 18.7 Å². The molecule has 0 amide bonds. The number of aliphatic hydroxyl groups is 1. The van der Waals surface area contributed by atoms with E-state index < -0.39 is 6.10 Å². The lowest BCUT2D eigenvalue weighted by Gasteiger charge is -2.21. The highest BCUT2D eigenvalue weighted by atomic mass is 16.5. The standard InChI is InChI=1S/C20H30N4O4/c1-15-21-22-20(28-15)13-23(2)11-16-6-7-18(26-3)19(10-16)27-14-17(25)12-24-8-4-5-9-24/h6-7,10,17,25H,4-5,8-9,11-14H2,1-3H3/t17-/m0/s1. The number of aromatic nitrogens is 2. The van der Waals surface area contributed by atoms with Crippen LogP contribution in [0.15, 0.2) is 22.6 Å². The van der Waals surface area contributed by atoms with E-state index in [1.54, 1.807) is 14.0 Å². The average Bonchev–Trinajstić information content (AvgIpc) is 3.31. The second kappa shape index (κ2) is 9.86. The smallest absolute Gasteiger partial charge is 0.230 e. The Morgan fingerprint density at radius 3 is 2.68 bits per heavy atom. The van der Waals surface area contributed by atoms with Gasteiger partial charge >= 0.3 is 0 Å². The fourth-order valence-corrected chi connectivity index (χ4v) is 3.43. The number of hydrogen-bond acceptors (Lipinski definition) is 8. The molecule has 1 aliphatic rings. The Morgan fingerprint density at radius 1 is 1.21 bits per heavy atom. The number of methoxy groups -OCH3 is 1. The van der Waals surface area contributed by atoms with Crippen LogP contribution < -0.4 is 9.47 Å². The maximum absolute atomic E-state index is 10.3. The normalized spacial score (nSPS) is 15.9. The van der Waals surface area contributed by atoms with Crippen LogP contribution in [-0.2, 0) is 13.1 Å². The summed E-state index contributed by atoms with van der Waals surface area (Å²) < 4.78 is 16.7. The lowest BCUT2D eigenvalue weighted by atomic mass is 10.2. The summed E-state index contributed by atoms with van der Waals surface area (Å²) in [6.45, 7) is 6.04. The van der Waals surface area contributed by atoms with Gasteiger partial charge in [0.1, 0.15) is 12.7 Å². The molecule has 0 saturated carbocycles. The topological polar surface area (TPSA) is 84.1 Å². The summed E-state index contributed by atoms with van der Waals surface area (Å²) in [5.74, 6) is 2.46. The van der Waals surface area contributed by atoms with Crippen LogP contribution in [0.5, 0.6) is 11.5 Å². The number of hydrogen-bond donors (Lipinski definition) is 1. The maximum atomic E-state index is 10.3. The van der Waals surface area contributed by atoms with Gasteiger partial charge in [-0.1, -0.05) is 6.07 Å². The molecule has 8 heteroatoms. The summed E-state index contributed by atoms with van der Waals surface area (Å²) in [4.78, 5) is 4.36. The van der Waals surface area contributed by atoms with Crippen molar-refractivity contribution in [3.05, 3.63) is 35.5 Å². The molecule has 8 nitrogen and oxygen atoms in total. The Hall–Kier alpha value is -2.16. The van der Waals surface area contributed by atoms with Gasteiger partial charge < -0.3 is 23.9 Å². The molecule has 2 aromatic rings. The zero-order valence-electron chi connectivity index (χ0n) is 16.9. The molecule has 1 aliphatic heterocycles. The molecule has 0 aliphatic carbocycles. The van der Waals surface area contributed by atoms with Crippen molar-refractivity contribution in [1.29, 1.82) is 0 Å². The Labute approximate surface area is 166 Å². The summed E-state index contributed by atoms with van der Waals surface area (Å²) in [6, 6.07) is 5.85. The van der Waals surface area contributed by atoms with E-state index in [4.69, 9.17) is 13.9 Å². The number of likely N-dealkylation sites (tertiary alicyclic amines) is 1. The Bertz CT molecular complexity index is 746. The van der Waals surface area contributed by atoms with Gasteiger partial charge in [-0.25, -0.2) is 0 Å². The van der Waals surface area contributed by atoms with E-state index in [0.29, 0.717) is 42.9 Å². The van der Waals surface area contributed by atoms with Crippen LogP contribution in [0.25, 0.3) is 0 Å². The number of ether oxygens (including phenoxy) is 2. The third-order valence-electron chi connectivity index (χ3n) is 4.75. The number of rotatable bonds is 10. The van der Waals surface area contributed by atoms with Crippen LogP contribution in [-0.4, -0.2) is 71.6 Å². The van der Waals surface area contributed by atoms with Crippen molar-refractivity contribution in [2.45, 2.75) is 39.0 Å². The SMILES string of the molecule is COc1ccc(CN(C)Cc2nnc(C)o2)cc1OC[C@@H](O)CN1CCCC1. The van der Waals surface area contributed by atoms with Crippen LogP contribution in [0.1, 0.15) is 30.2 Å². The quantitative estimate of drug-likeness (QED) is 0.658. The zero-order chi connectivity index (χ0) is 19.9. The van der Waals surface area contributed by atoms with Gasteiger partial charge in [0.05, 0.1) is 13.7 Å². The molecule has 1 N–H and O–H groups in total. The van der Waals surface area contributed by atoms with Crippen LogP contribution in [0.2, 0.25) is 0 Å². The lowest BCUT2D eigenvalue weighted by Crippen LogP contribution is -2.33. The van der Waals surface area contributed by atoms with Gasteiger partial charge in [0.15, 0.2) is 11.5 Å². The first-order valence-electron chi connectivity index (χ1n) is 9.71. The van der Waals surface area contributed by atoms with E-state index in [9.17, 15) is 5.11 Å². The molecule has 1 aromatic carbocycles. The van der Waals surface area contributed by atoms with E-state index >= 15 is 0 Å². The average molecular weight is 390 g/mol. The fraction of sp³-hybridized carbons (Fsp3) is 0.600. The minimum atomic E-state index is -0.519. The number of β-amino-alcohol motifs (C(OH)–C–C–N with tert-alkyl or cyclic N) is 1. The Balaban J connectivity index is 1.55. The first kappa shape index (κ1) is 20.6. The fourth-order valence-electron chi connectivity index (χ4n) is 3.43. The van der Waals surface area contributed by atoms with Gasteiger partial charge in [-0.15, -0.1) is 10.2 Å². The van der Waals surface area contributed by atoms with Gasteiger partial charge in [0.2, 0.25) is 11.8 Å². The number of aryl methyl sites for hydroxylation is 1. The van der Waals surface area contributed by atoms with Gasteiger partial charge in [0, 0.05) is 20.0 Å². The molecule has 0 bridgehead atoms. The van der Waals surface area contributed by atoms with Gasteiger partial charge in [-0.3, -0.25) is 4.90 Å². The highest BCUT2D eigenvalue weighted by Crippen LogP contribution is 2.29. The first-order valence-corrected chi connectivity index (χ1v) is 9.71. The molecular formula is C20H30N4O4. The first-order chi connectivity index (χ1) is 13.5. The summed E-state index contributed by atoms with van der Waals surface area (Å²) in [7, 11) is 3.61. The van der Waals surface area contributed by atoms with Gasteiger partial charge in [0.25, 0.3) is 0 Å². The van der Waals surface area contributed by atoms with E-state index in [1.165, 1.54) is 12.8 Å². The van der Waals surface area contributed by atoms with Crippen molar-refractivity contribution >= 4 is 0 Å². The molecule has 1 saturated heterocycles. The van der Waals surface area contributed by atoms with Crippen molar-refractivity contribution in [2.24, 2.45) is 0 Å². The predicted octanol–water partition coefficient (Wildman–Crippen LogP) is 1.85. The van der Waals surface area contributed by atoms with Crippen molar-refractivity contribution < 1.29 is 19.0 Å². The summed E-state index contributed by atoms with van der Waals surface area (Å²) in [5, 5.41) is 18.2. The molecule has 0 unspecified atom stereocenters. The van der Waals surface area contributed by atoms with Crippen LogP contribution in [0, 0.1) is 6.92 Å². The Morgan fingerprint density at radius 2 is 2.00 bits per heavy atom. The zero-order valence-corrected chi connectivity index (χ0v) is 16.9. The summed E-state index contributed by atoms with van der Waals surface area (Å²) >= 11 is 0. The van der Waals surface area contributed by atoms with E-state index in [1.807, 2.05) is 25.2 Å². The minimum Gasteiger partial charge on any atom is -0.493 e. The second-order valence-electron chi connectivity index (χ2n) is 7.34. The Kier molecular flexibility index (Phi) is 7.24. The van der Waals surface area contributed by atoms with Crippen molar-refractivity contribution in [3.8, 4) is 11.5 Å². The molecular weight excluding hydrogens is 360 g/mol. The maximum Gasteiger partial charge on any atom is 0.230 e.